The van der Waals surface area contributed by atoms with Crippen molar-refractivity contribution in [2.24, 2.45) is 7.05 Å². The van der Waals surface area contributed by atoms with Crippen molar-refractivity contribution in [3.05, 3.63) is 23.3 Å². The van der Waals surface area contributed by atoms with E-state index in [4.69, 9.17) is 0 Å². The number of nitrogens with zero attached hydrogens (tertiary/aromatic N) is 5. The van der Waals surface area contributed by atoms with Crippen molar-refractivity contribution in [1.29, 1.82) is 0 Å². The molecule has 1 atom stereocenters. The summed E-state index contributed by atoms with van der Waals surface area (Å²) in [5, 5.41) is 20.1. The maximum Gasteiger partial charge on any atom is 0.293 e. The number of hydrogen-bond acceptors (Lipinski definition) is 5. The monoisotopic (exact) mass is 247 g/mol. The maximum absolute atomic E-state index is 11.9. The minimum absolute atomic E-state index is 0.0200. The molecule has 0 spiro atoms. The summed E-state index contributed by atoms with van der Waals surface area (Å²) in [5.41, 5.74) is 2.26. The van der Waals surface area contributed by atoms with E-state index in [-0.39, 0.29) is 17.8 Å². The first-order valence-electron chi connectivity index (χ1n) is 5.81. The molecule has 8 heteroatoms. The van der Waals surface area contributed by atoms with Gasteiger partial charge in [-0.05, 0) is 24.5 Å². The van der Waals surface area contributed by atoms with Crippen LogP contribution in [0.25, 0.3) is 0 Å². The zero-order valence-corrected chi connectivity index (χ0v) is 9.92. The molecule has 1 unspecified atom stereocenters. The van der Waals surface area contributed by atoms with Gasteiger partial charge in [-0.1, -0.05) is 0 Å². The second-order valence-corrected chi connectivity index (χ2v) is 4.32. The molecule has 0 bridgehead atoms. The number of aryl methyl sites for hydroxylation is 1. The van der Waals surface area contributed by atoms with Gasteiger partial charge in [0.15, 0.2) is 0 Å². The molecule has 8 nitrogen and oxygen atoms in total. The van der Waals surface area contributed by atoms with Gasteiger partial charge in [-0.3, -0.25) is 9.48 Å². The van der Waals surface area contributed by atoms with Crippen LogP contribution in [0.3, 0.4) is 0 Å². The van der Waals surface area contributed by atoms with Crippen LogP contribution >= 0.6 is 0 Å². The van der Waals surface area contributed by atoms with Crippen molar-refractivity contribution in [2.75, 3.05) is 0 Å². The Hall–Kier alpha value is -2.25. The molecule has 2 aromatic rings. The summed E-state index contributed by atoms with van der Waals surface area (Å²) in [6, 6.07) is -0.0200. The molecule has 94 valence electrons. The summed E-state index contributed by atoms with van der Waals surface area (Å²) in [7, 11) is 1.92. The number of H-pyrrole nitrogens is 1. The molecule has 1 aliphatic rings. The Morgan fingerprint density at radius 2 is 2.50 bits per heavy atom. The van der Waals surface area contributed by atoms with E-state index in [1.165, 1.54) is 5.69 Å². The van der Waals surface area contributed by atoms with Crippen molar-refractivity contribution < 1.29 is 4.79 Å². The third-order valence-corrected chi connectivity index (χ3v) is 3.23. The Morgan fingerprint density at radius 1 is 1.61 bits per heavy atom. The maximum atomic E-state index is 11.9. The van der Waals surface area contributed by atoms with E-state index in [0.717, 1.165) is 24.8 Å². The van der Waals surface area contributed by atoms with Crippen molar-refractivity contribution >= 4 is 5.91 Å². The highest BCUT2D eigenvalue weighted by molar-refractivity contribution is 5.90. The fourth-order valence-electron chi connectivity index (χ4n) is 2.34. The summed E-state index contributed by atoms with van der Waals surface area (Å²) in [4.78, 5) is 11.9. The summed E-state index contributed by atoms with van der Waals surface area (Å²) in [6.45, 7) is 0. The zero-order chi connectivity index (χ0) is 12.5. The molecule has 1 amide bonds. The van der Waals surface area contributed by atoms with E-state index < -0.39 is 0 Å². The van der Waals surface area contributed by atoms with Crippen LogP contribution < -0.4 is 5.32 Å². The van der Waals surface area contributed by atoms with Crippen LogP contribution in [0.4, 0.5) is 0 Å². The summed E-state index contributed by atoms with van der Waals surface area (Å²) in [5.74, 6) is -0.253. The van der Waals surface area contributed by atoms with Gasteiger partial charge in [-0.15, -0.1) is 10.2 Å². The topological polar surface area (TPSA) is 101 Å². The fourth-order valence-corrected chi connectivity index (χ4v) is 2.34. The number of aromatic nitrogens is 6. The number of hydrogen-bond donors (Lipinski definition) is 2. The minimum atomic E-state index is -0.314. The first-order chi connectivity index (χ1) is 8.75. The van der Waals surface area contributed by atoms with Crippen LogP contribution in [0.2, 0.25) is 0 Å². The molecule has 0 aliphatic heterocycles. The molecule has 0 saturated heterocycles. The standard InChI is InChI=1S/C10H13N7O/c1-17-8-4-2-3-7(6(8)5-11-17)12-10(18)9-13-15-16-14-9/h5,7H,2-4H2,1H3,(H,12,18)(H,13,14,15,16). The van der Waals surface area contributed by atoms with E-state index in [1.54, 1.807) is 0 Å². The largest absolute Gasteiger partial charge is 0.342 e. The number of carbonyl (C=O) groups is 1. The average Bonchev–Trinajstić information content (AvgIpc) is 3.00. The molecule has 0 fully saturated rings. The Kier molecular flexibility index (Phi) is 2.54. The van der Waals surface area contributed by atoms with Crippen LogP contribution in [0.1, 0.15) is 40.8 Å². The lowest BCUT2D eigenvalue weighted by atomic mass is 9.93. The van der Waals surface area contributed by atoms with Gasteiger partial charge in [-0.25, -0.2) is 0 Å². The first kappa shape index (κ1) is 10.9. The quantitative estimate of drug-likeness (QED) is 0.761. The van der Waals surface area contributed by atoms with Crippen molar-refractivity contribution in [3.8, 4) is 0 Å². The summed E-state index contributed by atoms with van der Waals surface area (Å²) in [6.07, 6.45) is 4.75. The zero-order valence-electron chi connectivity index (χ0n) is 9.92. The predicted molar refractivity (Wildman–Crippen MR) is 60.5 cm³/mol. The van der Waals surface area contributed by atoms with Gasteiger partial charge in [0.1, 0.15) is 0 Å². The average molecular weight is 247 g/mol. The lowest BCUT2D eigenvalue weighted by Gasteiger charge is -2.23. The second kappa shape index (κ2) is 4.21. The number of amides is 1. The molecule has 1 aliphatic carbocycles. The second-order valence-electron chi connectivity index (χ2n) is 4.32. The molecule has 0 aromatic carbocycles. The molecule has 2 heterocycles. The van der Waals surface area contributed by atoms with Crippen molar-refractivity contribution in [1.82, 2.24) is 35.7 Å². The van der Waals surface area contributed by atoms with Gasteiger partial charge in [0.25, 0.3) is 11.7 Å². The van der Waals surface area contributed by atoms with Gasteiger partial charge in [0, 0.05) is 18.3 Å². The van der Waals surface area contributed by atoms with E-state index in [0.29, 0.717) is 0 Å². The normalized spacial score (nSPS) is 18.4. The lowest BCUT2D eigenvalue weighted by Crippen LogP contribution is -2.31. The molecule has 2 aromatic heterocycles. The molecular formula is C10H13N7O. The van der Waals surface area contributed by atoms with Gasteiger partial charge in [-0.2, -0.15) is 10.3 Å². The number of rotatable bonds is 2. The molecule has 0 saturated carbocycles. The van der Waals surface area contributed by atoms with Crippen molar-refractivity contribution in [2.45, 2.75) is 25.3 Å². The van der Waals surface area contributed by atoms with E-state index in [9.17, 15) is 4.79 Å². The third kappa shape index (κ3) is 1.75. The fraction of sp³-hybridized carbons (Fsp3) is 0.500. The summed E-state index contributed by atoms with van der Waals surface area (Å²) >= 11 is 0. The number of tetrazole rings is 1. The highest BCUT2D eigenvalue weighted by Gasteiger charge is 2.26. The van der Waals surface area contributed by atoms with Crippen LogP contribution in [-0.4, -0.2) is 36.3 Å². The SMILES string of the molecule is Cn1ncc2c1CCCC2NC(=O)c1nn[nH]n1. The number of carbonyl (C=O) groups excluding carboxylic acids is 1. The first-order valence-corrected chi connectivity index (χ1v) is 5.81. The Bertz CT molecular complexity index is 559. The molecule has 18 heavy (non-hydrogen) atoms. The van der Waals surface area contributed by atoms with Gasteiger partial charge < -0.3 is 5.32 Å². The highest BCUT2D eigenvalue weighted by Crippen LogP contribution is 2.29. The molecule has 2 N–H and O–H groups in total. The van der Waals surface area contributed by atoms with E-state index in [2.05, 4.69) is 31.0 Å². The molecule has 0 radical (unpaired) electrons. The minimum Gasteiger partial charge on any atom is -0.342 e. The lowest BCUT2D eigenvalue weighted by molar-refractivity contribution is 0.0922. The van der Waals surface area contributed by atoms with E-state index in [1.807, 2.05) is 17.9 Å². The smallest absolute Gasteiger partial charge is 0.293 e. The Balaban J connectivity index is 1.80. The van der Waals surface area contributed by atoms with Gasteiger partial charge in [0.2, 0.25) is 0 Å². The van der Waals surface area contributed by atoms with Crippen LogP contribution in [-0.2, 0) is 13.5 Å². The molecule has 3 rings (SSSR count). The number of aromatic amines is 1. The Labute approximate surface area is 103 Å². The van der Waals surface area contributed by atoms with Crippen LogP contribution in [0, 0.1) is 0 Å². The number of fused-ring (bicyclic) bond motifs is 1. The third-order valence-electron chi connectivity index (χ3n) is 3.23. The van der Waals surface area contributed by atoms with E-state index >= 15 is 0 Å². The highest BCUT2D eigenvalue weighted by atomic mass is 16.2. The predicted octanol–water partition coefficient (Wildman–Crippen LogP) is -0.259. The Morgan fingerprint density at radius 3 is 3.28 bits per heavy atom. The summed E-state index contributed by atoms with van der Waals surface area (Å²) < 4.78 is 1.86. The molecular weight excluding hydrogens is 234 g/mol. The van der Waals surface area contributed by atoms with Crippen LogP contribution in [0.5, 0.6) is 0 Å². The van der Waals surface area contributed by atoms with Gasteiger partial charge >= 0.3 is 0 Å². The van der Waals surface area contributed by atoms with Crippen molar-refractivity contribution in [3.63, 3.8) is 0 Å². The van der Waals surface area contributed by atoms with Crippen LogP contribution in [0.15, 0.2) is 6.20 Å². The van der Waals surface area contributed by atoms with Gasteiger partial charge in [0.05, 0.1) is 12.2 Å². The number of nitrogens with one attached hydrogen (secondary N) is 2.